The maximum Gasteiger partial charge on any atom is 0.223 e. The fraction of sp³-hybridized carbons (Fsp3) is 0.231. The van der Waals surface area contributed by atoms with Crippen LogP contribution in [0.3, 0.4) is 0 Å². The first-order chi connectivity index (χ1) is 9.22. The molecule has 19 heavy (non-hydrogen) atoms. The summed E-state index contributed by atoms with van der Waals surface area (Å²) in [6, 6.07) is 7.76. The summed E-state index contributed by atoms with van der Waals surface area (Å²) in [6.07, 6.45) is 1.61. The highest BCUT2D eigenvalue weighted by Crippen LogP contribution is 2.33. The Bertz CT molecular complexity index is 565. The zero-order valence-corrected chi connectivity index (χ0v) is 12.3. The van der Waals surface area contributed by atoms with Crippen molar-refractivity contribution in [3.8, 4) is 5.75 Å². The first-order valence-electron chi connectivity index (χ1n) is 5.81. The van der Waals surface area contributed by atoms with Crippen LogP contribution >= 0.6 is 23.4 Å². The van der Waals surface area contributed by atoms with Crippen molar-refractivity contribution in [3.05, 3.63) is 35.5 Å². The number of hydrogen-bond donors (Lipinski definition) is 1. The molecule has 0 amide bonds. The van der Waals surface area contributed by atoms with E-state index in [1.165, 1.54) is 11.8 Å². The largest absolute Gasteiger partial charge is 0.497 e. The third-order valence-corrected chi connectivity index (χ3v) is 3.69. The maximum absolute atomic E-state index is 6.12. The lowest BCUT2D eigenvalue weighted by molar-refractivity contribution is 0.413. The lowest BCUT2D eigenvalue weighted by Gasteiger charge is -2.07. The van der Waals surface area contributed by atoms with Gasteiger partial charge in [0.1, 0.15) is 10.8 Å². The standard InChI is InChI=1S/C13H14ClN3OS/c1-3-15-13-16-8-11(14)12(17-13)19-10-6-4-5-9(7-10)18-2/h4-8H,3H2,1-2H3,(H,15,16,17). The van der Waals surface area contributed by atoms with Gasteiger partial charge in [-0.2, -0.15) is 0 Å². The average molecular weight is 296 g/mol. The van der Waals surface area contributed by atoms with E-state index in [4.69, 9.17) is 16.3 Å². The van der Waals surface area contributed by atoms with E-state index in [1.807, 2.05) is 31.2 Å². The summed E-state index contributed by atoms with van der Waals surface area (Å²) in [5.41, 5.74) is 0. The van der Waals surface area contributed by atoms with E-state index in [-0.39, 0.29) is 0 Å². The Labute approximate surface area is 121 Å². The Morgan fingerprint density at radius 2 is 2.26 bits per heavy atom. The molecule has 0 aliphatic rings. The fourth-order valence-corrected chi connectivity index (χ4v) is 2.48. The summed E-state index contributed by atoms with van der Waals surface area (Å²) in [5.74, 6) is 1.39. The van der Waals surface area contributed by atoms with Gasteiger partial charge in [0.15, 0.2) is 0 Å². The summed E-state index contributed by atoms with van der Waals surface area (Å²) >= 11 is 7.60. The molecule has 1 N–H and O–H groups in total. The quantitative estimate of drug-likeness (QED) is 0.852. The van der Waals surface area contributed by atoms with Crippen molar-refractivity contribution in [1.29, 1.82) is 0 Å². The van der Waals surface area contributed by atoms with Crippen molar-refractivity contribution in [2.24, 2.45) is 0 Å². The van der Waals surface area contributed by atoms with Gasteiger partial charge in [-0.15, -0.1) is 0 Å². The second-order valence-corrected chi connectivity index (χ2v) is 5.13. The Morgan fingerprint density at radius 1 is 1.42 bits per heavy atom. The smallest absolute Gasteiger partial charge is 0.223 e. The lowest BCUT2D eigenvalue weighted by atomic mass is 10.3. The molecule has 0 bridgehead atoms. The molecule has 0 spiro atoms. The van der Waals surface area contributed by atoms with E-state index < -0.39 is 0 Å². The van der Waals surface area contributed by atoms with E-state index in [0.717, 1.165) is 22.2 Å². The summed E-state index contributed by atoms with van der Waals surface area (Å²) in [6.45, 7) is 2.76. The second kappa shape index (κ2) is 6.63. The summed E-state index contributed by atoms with van der Waals surface area (Å²) in [5, 5.41) is 4.32. The van der Waals surface area contributed by atoms with Gasteiger partial charge in [0.2, 0.25) is 5.95 Å². The molecule has 0 radical (unpaired) electrons. The normalized spacial score (nSPS) is 10.3. The van der Waals surface area contributed by atoms with Crippen LogP contribution in [0.1, 0.15) is 6.92 Å². The zero-order chi connectivity index (χ0) is 13.7. The maximum atomic E-state index is 6.12. The molecule has 0 unspecified atom stereocenters. The van der Waals surface area contributed by atoms with E-state index >= 15 is 0 Å². The molecule has 0 aliphatic carbocycles. The minimum Gasteiger partial charge on any atom is -0.497 e. The van der Waals surface area contributed by atoms with Gasteiger partial charge in [-0.3, -0.25) is 0 Å². The number of hydrogen-bond acceptors (Lipinski definition) is 5. The van der Waals surface area contributed by atoms with Crippen LogP contribution in [0.25, 0.3) is 0 Å². The van der Waals surface area contributed by atoms with Gasteiger partial charge in [-0.1, -0.05) is 29.4 Å². The highest BCUT2D eigenvalue weighted by atomic mass is 35.5. The number of nitrogens with zero attached hydrogens (tertiary/aromatic N) is 2. The van der Waals surface area contributed by atoms with Crippen LogP contribution in [0.4, 0.5) is 5.95 Å². The Morgan fingerprint density at radius 3 is 3.00 bits per heavy atom. The Kier molecular flexibility index (Phi) is 4.87. The SMILES string of the molecule is CCNc1ncc(Cl)c(Sc2cccc(OC)c2)n1. The monoisotopic (exact) mass is 295 g/mol. The predicted octanol–water partition coefficient (Wildman–Crippen LogP) is 3.72. The minimum absolute atomic E-state index is 0.537. The van der Waals surface area contributed by atoms with Crippen LogP contribution < -0.4 is 10.1 Å². The van der Waals surface area contributed by atoms with Crippen LogP contribution in [0.15, 0.2) is 40.4 Å². The summed E-state index contributed by atoms with van der Waals surface area (Å²) in [7, 11) is 1.64. The molecule has 100 valence electrons. The first kappa shape index (κ1) is 14.0. The number of methoxy groups -OCH3 is 1. The van der Waals surface area contributed by atoms with Gasteiger partial charge >= 0.3 is 0 Å². The second-order valence-electron chi connectivity index (χ2n) is 3.66. The molecule has 4 nitrogen and oxygen atoms in total. The van der Waals surface area contributed by atoms with Crippen molar-refractivity contribution >= 4 is 29.3 Å². The number of aromatic nitrogens is 2. The van der Waals surface area contributed by atoms with Crippen LogP contribution in [0.5, 0.6) is 5.75 Å². The molecule has 1 heterocycles. The molecule has 6 heteroatoms. The number of rotatable bonds is 5. The predicted molar refractivity (Wildman–Crippen MR) is 78.3 cm³/mol. The van der Waals surface area contributed by atoms with Crippen molar-refractivity contribution in [1.82, 2.24) is 9.97 Å². The Balaban J connectivity index is 2.23. The Hall–Kier alpha value is -1.46. The minimum atomic E-state index is 0.537. The molecular formula is C13H14ClN3OS. The fourth-order valence-electron chi connectivity index (χ4n) is 1.44. The number of halogens is 1. The number of ether oxygens (including phenoxy) is 1. The molecule has 0 saturated heterocycles. The van der Waals surface area contributed by atoms with Crippen LogP contribution in [-0.2, 0) is 0 Å². The van der Waals surface area contributed by atoms with Gasteiger partial charge in [-0.25, -0.2) is 9.97 Å². The molecule has 2 rings (SSSR count). The lowest BCUT2D eigenvalue weighted by Crippen LogP contribution is -2.02. The van der Waals surface area contributed by atoms with Crippen LogP contribution in [-0.4, -0.2) is 23.6 Å². The molecule has 1 aromatic heterocycles. The highest BCUT2D eigenvalue weighted by Gasteiger charge is 2.07. The summed E-state index contributed by atoms with van der Waals surface area (Å²) in [4.78, 5) is 9.51. The molecule has 0 saturated carbocycles. The molecule has 0 atom stereocenters. The van der Waals surface area contributed by atoms with Crippen molar-refractivity contribution < 1.29 is 4.74 Å². The topological polar surface area (TPSA) is 47.0 Å². The van der Waals surface area contributed by atoms with Gasteiger partial charge in [0, 0.05) is 11.4 Å². The van der Waals surface area contributed by atoms with Gasteiger partial charge < -0.3 is 10.1 Å². The molecule has 1 aromatic carbocycles. The number of benzene rings is 1. The third kappa shape index (κ3) is 3.75. The van der Waals surface area contributed by atoms with Crippen molar-refractivity contribution in [2.45, 2.75) is 16.8 Å². The molecular weight excluding hydrogens is 282 g/mol. The van der Waals surface area contributed by atoms with Gasteiger partial charge in [0.05, 0.1) is 18.3 Å². The van der Waals surface area contributed by atoms with Gasteiger partial charge in [-0.05, 0) is 25.1 Å². The molecule has 0 fully saturated rings. The molecule has 2 aromatic rings. The van der Waals surface area contributed by atoms with E-state index in [0.29, 0.717) is 11.0 Å². The molecule has 0 aliphatic heterocycles. The van der Waals surface area contributed by atoms with Crippen molar-refractivity contribution in [2.75, 3.05) is 19.0 Å². The van der Waals surface area contributed by atoms with E-state index in [9.17, 15) is 0 Å². The first-order valence-corrected chi connectivity index (χ1v) is 7.00. The summed E-state index contributed by atoms with van der Waals surface area (Å²) < 4.78 is 5.19. The van der Waals surface area contributed by atoms with Crippen molar-refractivity contribution in [3.63, 3.8) is 0 Å². The van der Waals surface area contributed by atoms with Crippen LogP contribution in [0, 0.1) is 0 Å². The van der Waals surface area contributed by atoms with Crippen LogP contribution in [0.2, 0.25) is 5.02 Å². The highest BCUT2D eigenvalue weighted by molar-refractivity contribution is 7.99. The third-order valence-electron chi connectivity index (χ3n) is 2.30. The zero-order valence-electron chi connectivity index (χ0n) is 10.7. The average Bonchev–Trinajstić information content (AvgIpc) is 2.43. The number of anilines is 1. The van der Waals surface area contributed by atoms with Gasteiger partial charge in [0.25, 0.3) is 0 Å². The van der Waals surface area contributed by atoms with E-state index in [2.05, 4.69) is 15.3 Å². The van der Waals surface area contributed by atoms with E-state index in [1.54, 1.807) is 13.3 Å². The number of nitrogens with one attached hydrogen (secondary N) is 1.